The molecule has 0 radical (unpaired) electrons. The van der Waals surface area contributed by atoms with E-state index in [0.717, 1.165) is 25.0 Å². The Bertz CT molecular complexity index is 767. The number of amides is 1. The molecular formula is C19H27FN2O5S. The Labute approximate surface area is 164 Å². The number of aliphatic hydroxyl groups is 1. The summed E-state index contributed by atoms with van der Waals surface area (Å²) in [6.45, 7) is -0.0343. The molecular weight excluding hydrogens is 387 g/mol. The molecule has 2 fully saturated rings. The first kappa shape index (κ1) is 21.2. The largest absolute Gasteiger partial charge is 0.394 e. The fraction of sp³-hybridized carbons (Fsp3) is 0.632. The van der Waals surface area contributed by atoms with E-state index in [-0.39, 0.29) is 36.1 Å². The standard InChI is InChI=1S/C19H27FN2O5S/c20-14-3-6-16(7-4-14)28(25,26)21-10-9-15-5-8-17(18(12-23)27-15)22-19(24)11-13-1-2-13/h3-4,6-7,13,15,17-18,21,23H,1-2,5,8-12H2,(H,22,24)/t15-,17-,18+/m0/s1. The van der Waals surface area contributed by atoms with Crippen LogP contribution in [0.25, 0.3) is 0 Å². The van der Waals surface area contributed by atoms with Crippen LogP contribution in [0.15, 0.2) is 29.2 Å². The predicted octanol–water partition coefficient (Wildman–Crippen LogP) is 1.32. The Morgan fingerprint density at radius 2 is 1.89 bits per heavy atom. The number of ether oxygens (including phenoxy) is 1. The van der Waals surface area contributed by atoms with Crippen molar-refractivity contribution < 1.29 is 27.4 Å². The number of carbonyl (C=O) groups excluding carboxylic acids is 1. The molecule has 2 aliphatic rings. The van der Waals surface area contributed by atoms with Crippen molar-refractivity contribution in [2.45, 2.75) is 61.7 Å². The van der Waals surface area contributed by atoms with Gasteiger partial charge in [0.15, 0.2) is 0 Å². The zero-order valence-electron chi connectivity index (χ0n) is 15.6. The van der Waals surface area contributed by atoms with Gasteiger partial charge in [-0.1, -0.05) is 0 Å². The highest BCUT2D eigenvalue weighted by atomic mass is 32.2. The van der Waals surface area contributed by atoms with Gasteiger partial charge in [-0.15, -0.1) is 0 Å². The van der Waals surface area contributed by atoms with Crippen LogP contribution in [0, 0.1) is 11.7 Å². The summed E-state index contributed by atoms with van der Waals surface area (Å²) in [6, 6.07) is 4.41. The zero-order chi connectivity index (χ0) is 20.1. The third kappa shape index (κ3) is 5.97. The van der Waals surface area contributed by atoms with Gasteiger partial charge in [0, 0.05) is 13.0 Å². The van der Waals surface area contributed by atoms with E-state index in [1.807, 2.05) is 0 Å². The molecule has 9 heteroatoms. The quantitative estimate of drug-likeness (QED) is 0.565. The molecule has 7 nitrogen and oxygen atoms in total. The van der Waals surface area contributed by atoms with Crippen molar-refractivity contribution in [2.24, 2.45) is 5.92 Å². The molecule has 1 saturated carbocycles. The summed E-state index contributed by atoms with van der Waals surface area (Å²) in [5.41, 5.74) is 0. The van der Waals surface area contributed by atoms with E-state index in [0.29, 0.717) is 31.6 Å². The molecule has 156 valence electrons. The Kier molecular flexibility index (Phi) is 7.03. The van der Waals surface area contributed by atoms with Gasteiger partial charge >= 0.3 is 0 Å². The van der Waals surface area contributed by atoms with Gasteiger partial charge in [-0.05, 0) is 62.3 Å². The lowest BCUT2D eigenvalue weighted by Crippen LogP contribution is -2.51. The molecule has 1 saturated heterocycles. The number of rotatable bonds is 9. The van der Waals surface area contributed by atoms with E-state index in [2.05, 4.69) is 10.0 Å². The number of hydrogen-bond acceptors (Lipinski definition) is 5. The minimum Gasteiger partial charge on any atom is -0.394 e. The summed E-state index contributed by atoms with van der Waals surface area (Å²) in [5, 5.41) is 12.5. The molecule has 1 amide bonds. The maximum absolute atomic E-state index is 12.9. The number of carbonyl (C=O) groups is 1. The summed E-state index contributed by atoms with van der Waals surface area (Å²) >= 11 is 0. The highest BCUT2D eigenvalue weighted by molar-refractivity contribution is 7.89. The van der Waals surface area contributed by atoms with Gasteiger partial charge in [0.25, 0.3) is 0 Å². The number of nitrogens with one attached hydrogen (secondary N) is 2. The number of halogens is 1. The summed E-state index contributed by atoms with van der Waals surface area (Å²) < 4.78 is 45.7. The van der Waals surface area contributed by atoms with Gasteiger partial charge in [0.2, 0.25) is 15.9 Å². The molecule has 3 rings (SSSR count). The molecule has 1 aliphatic carbocycles. The third-order valence-electron chi connectivity index (χ3n) is 5.20. The van der Waals surface area contributed by atoms with Crippen molar-refractivity contribution in [1.82, 2.24) is 10.0 Å². The second-order valence-electron chi connectivity index (χ2n) is 7.52. The van der Waals surface area contributed by atoms with Crippen LogP contribution in [-0.2, 0) is 19.6 Å². The normalized spacial score (nSPS) is 25.4. The number of benzene rings is 1. The number of hydrogen-bond donors (Lipinski definition) is 3. The highest BCUT2D eigenvalue weighted by Gasteiger charge is 2.33. The smallest absolute Gasteiger partial charge is 0.240 e. The Morgan fingerprint density at radius 3 is 2.54 bits per heavy atom. The van der Waals surface area contributed by atoms with Gasteiger partial charge in [-0.2, -0.15) is 0 Å². The first-order valence-corrected chi connectivity index (χ1v) is 11.2. The fourth-order valence-corrected chi connectivity index (χ4v) is 4.46. The summed E-state index contributed by atoms with van der Waals surface area (Å²) in [4.78, 5) is 12.0. The first-order valence-electron chi connectivity index (χ1n) is 9.68. The molecule has 0 unspecified atom stereocenters. The SMILES string of the molecule is O=C(CC1CC1)N[C@H]1CC[C@@H](CCNS(=O)(=O)c2ccc(F)cc2)O[C@@H]1CO. The number of sulfonamides is 1. The van der Waals surface area contributed by atoms with Crippen molar-refractivity contribution in [3.63, 3.8) is 0 Å². The van der Waals surface area contributed by atoms with Crippen LogP contribution in [0.5, 0.6) is 0 Å². The van der Waals surface area contributed by atoms with Crippen LogP contribution in [0.1, 0.15) is 38.5 Å². The van der Waals surface area contributed by atoms with Crippen molar-refractivity contribution >= 4 is 15.9 Å². The van der Waals surface area contributed by atoms with Gasteiger partial charge in [-0.25, -0.2) is 17.5 Å². The van der Waals surface area contributed by atoms with E-state index < -0.39 is 21.9 Å². The third-order valence-corrected chi connectivity index (χ3v) is 6.67. The number of aliphatic hydroxyl groups excluding tert-OH is 1. The van der Waals surface area contributed by atoms with Crippen molar-refractivity contribution in [3.05, 3.63) is 30.1 Å². The maximum atomic E-state index is 12.9. The van der Waals surface area contributed by atoms with E-state index in [9.17, 15) is 22.7 Å². The van der Waals surface area contributed by atoms with Gasteiger partial charge in [0.1, 0.15) is 11.9 Å². The van der Waals surface area contributed by atoms with E-state index in [4.69, 9.17) is 4.74 Å². The fourth-order valence-electron chi connectivity index (χ4n) is 3.41. The molecule has 3 N–H and O–H groups in total. The molecule has 28 heavy (non-hydrogen) atoms. The van der Waals surface area contributed by atoms with Crippen molar-refractivity contribution in [3.8, 4) is 0 Å². The average Bonchev–Trinajstić information content (AvgIpc) is 3.47. The van der Waals surface area contributed by atoms with E-state index in [1.165, 1.54) is 12.1 Å². The molecule has 0 bridgehead atoms. The zero-order valence-corrected chi connectivity index (χ0v) is 16.5. The van der Waals surface area contributed by atoms with Crippen LogP contribution in [-0.4, -0.2) is 50.8 Å². The van der Waals surface area contributed by atoms with E-state index >= 15 is 0 Å². The average molecular weight is 414 g/mol. The van der Waals surface area contributed by atoms with Gasteiger partial charge in [-0.3, -0.25) is 4.79 Å². The lowest BCUT2D eigenvalue weighted by Gasteiger charge is -2.36. The molecule has 0 spiro atoms. The van der Waals surface area contributed by atoms with Crippen LogP contribution in [0.3, 0.4) is 0 Å². The van der Waals surface area contributed by atoms with Crippen molar-refractivity contribution in [1.29, 1.82) is 0 Å². The molecule has 1 heterocycles. The minimum absolute atomic E-state index is 0.0000536. The molecule has 1 aromatic rings. The topological polar surface area (TPSA) is 105 Å². The Morgan fingerprint density at radius 1 is 1.18 bits per heavy atom. The Balaban J connectivity index is 1.44. The second-order valence-corrected chi connectivity index (χ2v) is 9.29. The lowest BCUT2D eigenvalue weighted by molar-refractivity contribution is -0.128. The molecule has 1 aromatic carbocycles. The van der Waals surface area contributed by atoms with Crippen LogP contribution in [0.4, 0.5) is 4.39 Å². The van der Waals surface area contributed by atoms with Gasteiger partial charge < -0.3 is 15.2 Å². The van der Waals surface area contributed by atoms with Gasteiger partial charge in [0.05, 0.1) is 23.6 Å². The highest BCUT2D eigenvalue weighted by Crippen LogP contribution is 2.32. The summed E-state index contributed by atoms with van der Waals surface area (Å²) in [7, 11) is -3.71. The monoisotopic (exact) mass is 414 g/mol. The van der Waals surface area contributed by atoms with E-state index in [1.54, 1.807) is 0 Å². The Hall–Kier alpha value is -1.55. The maximum Gasteiger partial charge on any atom is 0.240 e. The van der Waals surface area contributed by atoms with Crippen LogP contribution < -0.4 is 10.0 Å². The summed E-state index contributed by atoms with van der Waals surface area (Å²) in [6.07, 6.45) is 3.84. The second kappa shape index (κ2) is 9.30. The van der Waals surface area contributed by atoms with Crippen LogP contribution >= 0.6 is 0 Å². The summed E-state index contributed by atoms with van der Waals surface area (Å²) in [5.74, 6) is 0.00222. The minimum atomic E-state index is -3.71. The van der Waals surface area contributed by atoms with Crippen LogP contribution in [0.2, 0.25) is 0 Å². The molecule has 0 aromatic heterocycles. The first-order chi connectivity index (χ1) is 13.4. The van der Waals surface area contributed by atoms with Crippen molar-refractivity contribution in [2.75, 3.05) is 13.2 Å². The molecule has 1 aliphatic heterocycles. The predicted molar refractivity (Wildman–Crippen MR) is 100 cm³/mol. The molecule has 3 atom stereocenters. The lowest BCUT2D eigenvalue weighted by atomic mass is 9.97.